The van der Waals surface area contributed by atoms with Crippen LogP contribution in [0, 0.1) is 0 Å². The third-order valence-corrected chi connectivity index (χ3v) is 5.67. The summed E-state index contributed by atoms with van der Waals surface area (Å²) in [6.07, 6.45) is -4.76. The van der Waals surface area contributed by atoms with Crippen LogP contribution < -0.4 is 9.64 Å². The van der Waals surface area contributed by atoms with Crippen molar-refractivity contribution in [1.29, 1.82) is 0 Å². The van der Waals surface area contributed by atoms with Crippen molar-refractivity contribution in [2.24, 2.45) is 0 Å². The summed E-state index contributed by atoms with van der Waals surface area (Å²) < 4.78 is 38.5. The summed E-state index contributed by atoms with van der Waals surface area (Å²) in [5, 5.41) is 9.31. The second-order valence-electron chi connectivity index (χ2n) is 7.59. The molecule has 1 aliphatic heterocycles. The number of alkyl halides is 2. The lowest BCUT2D eigenvalue weighted by Crippen LogP contribution is -2.48. The average Bonchev–Trinajstić information content (AvgIpc) is 3.09. The number of carboxylic acids is 1. The van der Waals surface area contributed by atoms with Crippen molar-refractivity contribution in [2.45, 2.75) is 12.0 Å². The van der Waals surface area contributed by atoms with Gasteiger partial charge in [-0.2, -0.15) is 8.78 Å². The summed E-state index contributed by atoms with van der Waals surface area (Å²) in [5.74, 6) is -2.24. The first-order valence-corrected chi connectivity index (χ1v) is 9.91. The van der Waals surface area contributed by atoms with Gasteiger partial charge in [0.1, 0.15) is 18.7 Å². The van der Waals surface area contributed by atoms with E-state index in [0.29, 0.717) is 0 Å². The summed E-state index contributed by atoms with van der Waals surface area (Å²) in [7, 11) is 0. The number of amides is 1. The van der Waals surface area contributed by atoms with E-state index >= 15 is 0 Å². The number of aromatic carboxylic acids is 1. The molecule has 3 aromatic rings. The van der Waals surface area contributed by atoms with E-state index in [0.717, 1.165) is 33.2 Å². The third-order valence-electron chi connectivity index (χ3n) is 5.67. The van der Waals surface area contributed by atoms with Gasteiger partial charge in [-0.25, -0.2) is 9.59 Å². The van der Waals surface area contributed by atoms with Crippen molar-refractivity contribution in [2.75, 3.05) is 18.1 Å². The maximum atomic E-state index is 14.2. The highest BCUT2D eigenvalue weighted by Gasteiger charge is 2.45. The fraction of sp³-hybridized carbons (Fsp3) is 0.167. The molecule has 1 heterocycles. The Morgan fingerprint density at radius 1 is 1.00 bits per heavy atom. The van der Waals surface area contributed by atoms with E-state index in [1.165, 1.54) is 12.1 Å². The van der Waals surface area contributed by atoms with Crippen LogP contribution in [0.15, 0.2) is 66.7 Å². The lowest BCUT2D eigenvalue weighted by atomic mass is 9.98. The average molecular weight is 437 g/mol. The Labute approximate surface area is 181 Å². The van der Waals surface area contributed by atoms with Gasteiger partial charge in [0.05, 0.1) is 5.69 Å². The van der Waals surface area contributed by atoms with E-state index in [9.17, 15) is 23.5 Å². The molecule has 0 fully saturated rings. The first-order valence-electron chi connectivity index (χ1n) is 9.91. The summed E-state index contributed by atoms with van der Waals surface area (Å²) in [4.78, 5) is 25.0. The van der Waals surface area contributed by atoms with E-state index in [1.54, 1.807) is 0 Å². The van der Waals surface area contributed by atoms with Crippen LogP contribution in [-0.2, 0) is 4.74 Å². The molecule has 0 unspecified atom stereocenters. The molecule has 2 aliphatic rings. The topological polar surface area (TPSA) is 76.1 Å². The van der Waals surface area contributed by atoms with Crippen LogP contribution >= 0.6 is 0 Å². The Balaban J connectivity index is 1.43. The van der Waals surface area contributed by atoms with Crippen molar-refractivity contribution < 1.29 is 33.0 Å². The molecule has 0 aromatic heterocycles. The zero-order valence-electron chi connectivity index (χ0n) is 16.6. The number of hydrogen-bond acceptors (Lipinski definition) is 4. The number of fused-ring (bicyclic) bond motifs is 4. The van der Waals surface area contributed by atoms with Gasteiger partial charge in [0, 0.05) is 5.92 Å². The predicted molar refractivity (Wildman–Crippen MR) is 111 cm³/mol. The smallest absolute Gasteiger partial charge is 0.416 e. The third kappa shape index (κ3) is 3.24. The second kappa shape index (κ2) is 7.33. The molecule has 0 radical (unpaired) electrons. The first kappa shape index (κ1) is 20.0. The number of rotatable bonds is 3. The maximum Gasteiger partial charge on any atom is 0.416 e. The number of carbonyl (C=O) groups is 2. The predicted octanol–water partition coefficient (Wildman–Crippen LogP) is 5.13. The highest BCUT2D eigenvalue weighted by molar-refractivity contribution is 5.98. The molecule has 5 rings (SSSR count). The quantitative estimate of drug-likeness (QED) is 0.615. The van der Waals surface area contributed by atoms with E-state index in [1.807, 2.05) is 48.5 Å². The molecule has 1 N–H and O–H groups in total. The van der Waals surface area contributed by atoms with Gasteiger partial charge in [-0.05, 0) is 34.4 Å². The van der Waals surface area contributed by atoms with E-state index in [-0.39, 0.29) is 18.2 Å². The summed E-state index contributed by atoms with van der Waals surface area (Å²) in [5.41, 5.74) is 3.52. The number of halogens is 2. The molecule has 0 atom stereocenters. The Hall–Kier alpha value is -3.94. The molecular weight excluding hydrogens is 420 g/mol. The van der Waals surface area contributed by atoms with Crippen molar-refractivity contribution in [3.05, 3.63) is 83.4 Å². The fourth-order valence-corrected chi connectivity index (χ4v) is 4.30. The van der Waals surface area contributed by atoms with E-state index in [4.69, 9.17) is 4.74 Å². The number of benzene rings is 3. The molecule has 162 valence electrons. The minimum absolute atomic E-state index is 0.0518. The SMILES string of the molecule is O=C(O)c1cccc2c1OC(F)(F)CN2C(=O)OCC1c2ccccc2-c2ccccc21. The number of para-hydroxylation sites is 1. The Bertz CT molecular complexity index is 1200. The minimum Gasteiger partial charge on any atom is -0.478 e. The van der Waals surface area contributed by atoms with Crippen LogP contribution in [0.1, 0.15) is 27.4 Å². The summed E-state index contributed by atoms with van der Waals surface area (Å²) >= 11 is 0. The second-order valence-corrected chi connectivity index (χ2v) is 7.59. The van der Waals surface area contributed by atoms with Crippen LogP contribution in [0.5, 0.6) is 5.75 Å². The number of nitrogens with zero attached hydrogens (tertiary/aromatic N) is 1. The van der Waals surface area contributed by atoms with Gasteiger partial charge in [-0.1, -0.05) is 54.6 Å². The molecule has 6 nitrogen and oxygen atoms in total. The first-order chi connectivity index (χ1) is 15.4. The van der Waals surface area contributed by atoms with Crippen LogP contribution in [0.25, 0.3) is 11.1 Å². The summed E-state index contributed by atoms with van der Waals surface area (Å²) in [6.45, 7) is -1.14. The number of hydrogen-bond donors (Lipinski definition) is 1. The van der Waals surface area contributed by atoms with Gasteiger partial charge in [0.2, 0.25) is 0 Å². The minimum atomic E-state index is -3.76. The molecule has 0 saturated carbocycles. The molecule has 1 amide bonds. The highest BCUT2D eigenvalue weighted by Crippen LogP contribution is 2.45. The highest BCUT2D eigenvalue weighted by atomic mass is 19.3. The number of ether oxygens (including phenoxy) is 2. The molecule has 0 bridgehead atoms. The standard InChI is InChI=1S/C24H17F2NO5/c25-24(26)13-27(20-11-5-10-18(22(28)29)21(20)32-24)23(30)31-12-19-16-8-3-1-6-14(16)15-7-2-4-9-17(15)19/h1-11,19H,12-13H2,(H,28,29). The Kier molecular flexibility index (Phi) is 4.58. The molecule has 0 saturated heterocycles. The zero-order valence-corrected chi connectivity index (χ0v) is 16.6. The number of carbonyl (C=O) groups excluding carboxylic acids is 1. The van der Waals surface area contributed by atoms with Crippen LogP contribution in [0.4, 0.5) is 19.3 Å². The van der Waals surface area contributed by atoms with Crippen molar-refractivity contribution >= 4 is 17.7 Å². The Morgan fingerprint density at radius 3 is 2.25 bits per heavy atom. The van der Waals surface area contributed by atoms with E-state index in [2.05, 4.69) is 4.74 Å². The molecule has 0 spiro atoms. The summed E-state index contributed by atoms with van der Waals surface area (Å²) in [6, 6.07) is 19.4. The molecule has 32 heavy (non-hydrogen) atoms. The lowest BCUT2D eigenvalue weighted by Gasteiger charge is -2.34. The van der Waals surface area contributed by atoms with Gasteiger partial charge in [-0.3, -0.25) is 4.90 Å². The van der Waals surface area contributed by atoms with Crippen LogP contribution in [0.2, 0.25) is 0 Å². The van der Waals surface area contributed by atoms with Crippen molar-refractivity contribution in [3.8, 4) is 16.9 Å². The zero-order chi connectivity index (χ0) is 22.5. The van der Waals surface area contributed by atoms with Crippen LogP contribution in [0.3, 0.4) is 0 Å². The molecular formula is C24H17F2NO5. The van der Waals surface area contributed by atoms with Crippen LogP contribution in [-0.4, -0.2) is 36.4 Å². The van der Waals surface area contributed by atoms with Gasteiger partial charge in [0.15, 0.2) is 5.75 Å². The van der Waals surface area contributed by atoms with E-state index < -0.39 is 36.0 Å². The lowest BCUT2D eigenvalue weighted by molar-refractivity contribution is -0.171. The monoisotopic (exact) mass is 437 g/mol. The van der Waals surface area contributed by atoms with Crippen molar-refractivity contribution in [3.63, 3.8) is 0 Å². The van der Waals surface area contributed by atoms with Gasteiger partial charge in [0.25, 0.3) is 0 Å². The maximum absolute atomic E-state index is 14.2. The van der Waals surface area contributed by atoms with Crippen molar-refractivity contribution in [1.82, 2.24) is 0 Å². The normalized spacial score (nSPS) is 15.9. The fourth-order valence-electron chi connectivity index (χ4n) is 4.30. The Morgan fingerprint density at radius 2 is 1.62 bits per heavy atom. The number of carboxylic acid groups (broad SMARTS) is 1. The largest absolute Gasteiger partial charge is 0.478 e. The molecule has 3 aromatic carbocycles. The molecule has 8 heteroatoms. The van der Waals surface area contributed by atoms with Gasteiger partial charge < -0.3 is 14.6 Å². The molecule has 1 aliphatic carbocycles. The van der Waals surface area contributed by atoms with Gasteiger partial charge >= 0.3 is 18.2 Å². The van der Waals surface area contributed by atoms with Gasteiger partial charge in [-0.15, -0.1) is 0 Å². The number of anilines is 1.